The van der Waals surface area contributed by atoms with Crippen molar-refractivity contribution >= 4 is 23.6 Å². The van der Waals surface area contributed by atoms with Gasteiger partial charge in [-0.15, -0.1) is 0 Å². The van der Waals surface area contributed by atoms with Gasteiger partial charge in [-0.3, -0.25) is 9.89 Å². The molecule has 4 rings (SSSR count). The maximum atomic E-state index is 10.8. The molecule has 2 aliphatic heterocycles. The summed E-state index contributed by atoms with van der Waals surface area (Å²) in [6, 6.07) is 3.87. The van der Waals surface area contributed by atoms with E-state index in [9.17, 15) is 4.79 Å². The van der Waals surface area contributed by atoms with E-state index in [0.29, 0.717) is 24.8 Å². The number of nitrogens with one attached hydrogen (secondary N) is 1. The Bertz CT molecular complexity index is 826. The maximum absolute atomic E-state index is 10.8. The highest BCUT2D eigenvalue weighted by molar-refractivity contribution is 5.69. The highest BCUT2D eigenvalue weighted by Gasteiger charge is 2.25. The van der Waals surface area contributed by atoms with Crippen LogP contribution in [-0.4, -0.2) is 70.6 Å². The summed E-state index contributed by atoms with van der Waals surface area (Å²) >= 11 is 0. The molecule has 2 aliphatic rings. The van der Waals surface area contributed by atoms with Gasteiger partial charge in [-0.2, -0.15) is 15.1 Å². The van der Waals surface area contributed by atoms with Crippen LogP contribution in [0.5, 0.6) is 0 Å². The van der Waals surface area contributed by atoms with E-state index in [-0.39, 0.29) is 12.4 Å². The van der Waals surface area contributed by atoms with Crippen LogP contribution in [0, 0.1) is 0 Å². The van der Waals surface area contributed by atoms with Crippen molar-refractivity contribution in [2.24, 2.45) is 0 Å². The predicted octanol–water partition coefficient (Wildman–Crippen LogP) is 0.630. The van der Waals surface area contributed by atoms with Gasteiger partial charge >= 0.3 is 5.97 Å². The molecule has 28 heavy (non-hydrogen) atoms. The quantitative estimate of drug-likeness (QED) is 0.675. The van der Waals surface area contributed by atoms with Crippen LogP contribution in [0.25, 0.3) is 0 Å². The van der Waals surface area contributed by atoms with Gasteiger partial charge in [0.15, 0.2) is 0 Å². The minimum absolute atomic E-state index is 0.0314. The third kappa shape index (κ3) is 4.16. The molecule has 0 spiro atoms. The van der Waals surface area contributed by atoms with E-state index in [1.54, 1.807) is 0 Å². The summed E-state index contributed by atoms with van der Waals surface area (Å²) in [5.74, 6) is 1.43. The molecule has 2 aromatic heterocycles. The van der Waals surface area contributed by atoms with Crippen LogP contribution in [0.4, 0.5) is 17.6 Å². The number of carboxylic acids is 1. The average molecular weight is 387 g/mol. The van der Waals surface area contributed by atoms with E-state index in [4.69, 9.17) is 15.6 Å². The molecular weight excluding hydrogens is 362 g/mol. The molecule has 4 heterocycles. The number of ether oxygens (including phenoxy) is 1. The highest BCUT2D eigenvalue weighted by atomic mass is 16.5. The molecule has 0 saturated carbocycles. The third-order valence-corrected chi connectivity index (χ3v) is 5.28. The molecule has 0 amide bonds. The maximum Gasteiger partial charge on any atom is 0.309 e. The summed E-state index contributed by atoms with van der Waals surface area (Å²) < 4.78 is 5.41. The molecule has 2 saturated heterocycles. The third-order valence-electron chi connectivity index (χ3n) is 5.28. The molecule has 0 bridgehead atoms. The van der Waals surface area contributed by atoms with Crippen molar-refractivity contribution < 1.29 is 14.6 Å². The number of carboxylic acid groups (broad SMARTS) is 1. The van der Waals surface area contributed by atoms with Crippen LogP contribution in [-0.2, 0) is 16.0 Å². The van der Waals surface area contributed by atoms with E-state index in [2.05, 4.69) is 30.0 Å². The average Bonchev–Trinajstić information content (AvgIpc) is 3.16. The highest BCUT2D eigenvalue weighted by Crippen LogP contribution is 2.30. The molecule has 0 unspecified atom stereocenters. The zero-order valence-electron chi connectivity index (χ0n) is 15.7. The van der Waals surface area contributed by atoms with Gasteiger partial charge in [0.1, 0.15) is 11.6 Å². The van der Waals surface area contributed by atoms with Crippen molar-refractivity contribution in [2.75, 3.05) is 54.9 Å². The minimum Gasteiger partial charge on any atom is -0.481 e. The molecular formula is C18H25N7O3. The fourth-order valence-corrected chi connectivity index (χ4v) is 3.80. The zero-order chi connectivity index (χ0) is 19.5. The molecule has 0 aromatic carbocycles. The van der Waals surface area contributed by atoms with Crippen LogP contribution in [0.1, 0.15) is 30.1 Å². The summed E-state index contributed by atoms with van der Waals surface area (Å²) in [5, 5.41) is 16.0. The number of aliphatic carboxylic acids is 1. The molecule has 2 fully saturated rings. The molecule has 0 atom stereocenters. The van der Waals surface area contributed by atoms with Crippen molar-refractivity contribution in [1.29, 1.82) is 0 Å². The van der Waals surface area contributed by atoms with Crippen LogP contribution in [0.2, 0.25) is 0 Å². The number of H-pyrrole nitrogens is 1. The molecule has 10 nitrogen and oxygen atoms in total. The van der Waals surface area contributed by atoms with Gasteiger partial charge in [-0.25, -0.2) is 0 Å². The van der Waals surface area contributed by atoms with E-state index in [1.807, 2.05) is 12.1 Å². The summed E-state index contributed by atoms with van der Waals surface area (Å²) in [6.07, 6.45) is 1.82. The van der Waals surface area contributed by atoms with E-state index in [1.165, 1.54) is 0 Å². The van der Waals surface area contributed by atoms with Gasteiger partial charge in [0.2, 0.25) is 5.95 Å². The normalized spacial score (nSPS) is 18.4. The summed E-state index contributed by atoms with van der Waals surface area (Å²) in [5.41, 5.74) is 7.54. The summed E-state index contributed by atoms with van der Waals surface area (Å²) in [4.78, 5) is 24.1. The number of hydrogen-bond donors (Lipinski definition) is 3. The standard InChI is InChI=1S/C18H25N7O3/c19-18-20-15(11-16(21-18)25-5-7-28-8-6-25)24-3-1-12(2-4-24)14-9-13(22-23-14)10-17(26)27/h9,11-12H,1-8,10H2,(H,22,23)(H,26,27)(H2,19,20,21). The lowest BCUT2D eigenvalue weighted by molar-refractivity contribution is -0.136. The van der Waals surface area contributed by atoms with Crippen LogP contribution < -0.4 is 15.5 Å². The topological polar surface area (TPSA) is 133 Å². The van der Waals surface area contributed by atoms with Crippen molar-refractivity contribution in [1.82, 2.24) is 20.2 Å². The van der Waals surface area contributed by atoms with Gasteiger partial charge in [-0.05, 0) is 18.9 Å². The lowest BCUT2D eigenvalue weighted by Crippen LogP contribution is -2.38. The smallest absolute Gasteiger partial charge is 0.309 e. The van der Waals surface area contributed by atoms with E-state index in [0.717, 1.165) is 56.4 Å². The fourth-order valence-electron chi connectivity index (χ4n) is 3.80. The first-order chi connectivity index (χ1) is 13.6. The minimum atomic E-state index is -0.859. The summed E-state index contributed by atoms with van der Waals surface area (Å²) in [6.45, 7) is 4.66. The molecule has 0 aliphatic carbocycles. The van der Waals surface area contributed by atoms with E-state index < -0.39 is 5.97 Å². The number of nitrogens with zero attached hydrogens (tertiary/aromatic N) is 5. The number of morpholine rings is 1. The Balaban J connectivity index is 1.41. The Hall–Kier alpha value is -2.88. The first kappa shape index (κ1) is 18.5. The lowest BCUT2D eigenvalue weighted by Gasteiger charge is -2.33. The Labute approximate surface area is 162 Å². The second kappa shape index (κ2) is 8.01. The summed E-state index contributed by atoms with van der Waals surface area (Å²) in [7, 11) is 0. The number of anilines is 3. The first-order valence-corrected chi connectivity index (χ1v) is 9.56. The first-order valence-electron chi connectivity index (χ1n) is 9.56. The Kier molecular flexibility index (Phi) is 5.29. The Morgan fingerprint density at radius 3 is 2.43 bits per heavy atom. The number of piperidine rings is 1. The van der Waals surface area contributed by atoms with Gasteiger partial charge < -0.3 is 25.4 Å². The molecule has 0 radical (unpaired) electrons. The van der Waals surface area contributed by atoms with Crippen LogP contribution in [0.3, 0.4) is 0 Å². The second-order valence-electron chi connectivity index (χ2n) is 7.19. The fraction of sp³-hybridized carbons (Fsp3) is 0.556. The number of hydrogen-bond acceptors (Lipinski definition) is 8. The van der Waals surface area contributed by atoms with Gasteiger partial charge in [0, 0.05) is 43.9 Å². The van der Waals surface area contributed by atoms with Crippen molar-refractivity contribution in [2.45, 2.75) is 25.2 Å². The number of aromatic amines is 1. The zero-order valence-corrected chi connectivity index (χ0v) is 15.7. The molecule has 4 N–H and O–H groups in total. The lowest BCUT2D eigenvalue weighted by atomic mass is 9.93. The van der Waals surface area contributed by atoms with Gasteiger partial charge in [0.25, 0.3) is 0 Å². The number of nitrogen functional groups attached to an aromatic ring is 1. The van der Waals surface area contributed by atoms with Gasteiger partial charge in [0.05, 0.1) is 25.3 Å². The number of rotatable bonds is 5. The van der Waals surface area contributed by atoms with Gasteiger partial charge in [-0.1, -0.05) is 0 Å². The number of nitrogens with two attached hydrogens (primary N) is 1. The molecule has 10 heteroatoms. The number of carbonyl (C=O) groups is 1. The molecule has 2 aromatic rings. The molecule has 150 valence electrons. The predicted molar refractivity (Wildman–Crippen MR) is 104 cm³/mol. The van der Waals surface area contributed by atoms with Crippen molar-refractivity contribution in [3.8, 4) is 0 Å². The second-order valence-corrected chi connectivity index (χ2v) is 7.19. The Morgan fingerprint density at radius 2 is 1.79 bits per heavy atom. The monoisotopic (exact) mass is 387 g/mol. The van der Waals surface area contributed by atoms with E-state index >= 15 is 0 Å². The van der Waals surface area contributed by atoms with Crippen molar-refractivity contribution in [3.05, 3.63) is 23.5 Å². The largest absolute Gasteiger partial charge is 0.481 e. The van der Waals surface area contributed by atoms with Crippen LogP contribution in [0.15, 0.2) is 12.1 Å². The number of aromatic nitrogens is 4. The van der Waals surface area contributed by atoms with Crippen molar-refractivity contribution in [3.63, 3.8) is 0 Å². The SMILES string of the molecule is Nc1nc(N2CCOCC2)cc(N2CCC(c3cc(CC(=O)O)[nH]n3)CC2)n1. The Morgan fingerprint density at radius 1 is 1.14 bits per heavy atom. The van der Waals surface area contributed by atoms with Crippen LogP contribution >= 0.6 is 0 Å².